The van der Waals surface area contributed by atoms with Crippen molar-refractivity contribution in [2.24, 2.45) is 0 Å². The molecule has 1 aromatic heterocycles. The van der Waals surface area contributed by atoms with E-state index in [4.69, 9.17) is 5.11 Å². The highest BCUT2D eigenvalue weighted by Gasteiger charge is 2.28. The molecule has 0 aromatic carbocycles. The van der Waals surface area contributed by atoms with Crippen molar-refractivity contribution in [3.8, 4) is 0 Å². The molecule has 114 valence electrons. The summed E-state index contributed by atoms with van der Waals surface area (Å²) in [5, 5.41) is 20.1. The number of hydrogen-bond donors (Lipinski definition) is 1. The molecule has 1 fully saturated rings. The van der Waals surface area contributed by atoms with E-state index in [1.165, 1.54) is 6.07 Å². The average molecular weight is 294 g/mol. The molecule has 2 rings (SSSR count). The number of rotatable bonds is 4. The Morgan fingerprint density at radius 2 is 2.00 bits per heavy atom. The van der Waals surface area contributed by atoms with Gasteiger partial charge in [0, 0.05) is 37.9 Å². The molecule has 0 spiro atoms. The van der Waals surface area contributed by atoms with Gasteiger partial charge in [0.15, 0.2) is 0 Å². The van der Waals surface area contributed by atoms with Gasteiger partial charge in [0.2, 0.25) is 5.82 Å². The van der Waals surface area contributed by atoms with Gasteiger partial charge in [0.1, 0.15) is 6.04 Å². The van der Waals surface area contributed by atoms with Crippen molar-refractivity contribution in [2.75, 3.05) is 31.1 Å². The number of hydrogen-bond acceptors (Lipinski definition) is 6. The number of carboxylic acids is 1. The molecule has 0 bridgehead atoms. The molecule has 1 aromatic rings. The Morgan fingerprint density at radius 1 is 1.38 bits per heavy atom. The number of carboxylic acid groups (broad SMARTS) is 1. The van der Waals surface area contributed by atoms with Crippen molar-refractivity contribution in [3.63, 3.8) is 0 Å². The standard InChI is InChI=1S/C13H18N4O4/c1-9-3-4-11(17(20)21)12(14-9)16-7-5-15(6-8-16)10(2)13(18)19/h3-4,10H,5-8H2,1-2H3,(H,18,19). The monoisotopic (exact) mass is 294 g/mol. The van der Waals surface area contributed by atoms with Crippen LogP contribution >= 0.6 is 0 Å². The fraction of sp³-hybridized carbons (Fsp3) is 0.538. The summed E-state index contributed by atoms with van der Waals surface area (Å²) in [5.74, 6) is -0.495. The topological polar surface area (TPSA) is 99.8 Å². The summed E-state index contributed by atoms with van der Waals surface area (Å²) < 4.78 is 0. The second-order valence-corrected chi connectivity index (χ2v) is 5.09. The molecule has 1 aliphatic rings. The number of anilines is 1. The highest BCUT2D eigenvalue weighted by molar-refractivity contribution is 5.73. The summed E-state index contributed by atoms with van der Waals surface area (Å²) in [6.45, 7) is 5.56. The lowest BCUT2D eigenvalue weighted by Gasteiger charge is -2.36. The van der Waals surface area contributed by atoms with Crippen molar-refractivity contribution >= 4 is 17.5 Å². The number of nitrogens with zero attached hydrogens (tertiary/aromatic N) is 4. The van der Waals surface area contributed by atoms with Crippen LogP contribution in [0.25, 0.3) is 0 Å². The molecular formula is C13H18N4O4. The normalized spacial score (nSPS) is 17.5. The Hall–Kier alpha value is -2.22. The predicted octanol–water partition coefficient (Wildman–Crippen LogP) is 0.893. The van der Waals surface area contributed by atoms with Gasteiger partial charge < -0.3 is 10.0 Å². The molecule has 0 amide bonds. The lowest BCUT2D eigenvalue weighted by Crippen LogP contribution is -2.52. The minimum absolute atomic E-state index is 0.0136. The SMILES string of the molecule is Cc1ccc([N+](=O)[O-])c(N2CCN(C(C)C(=O)O)CC2)n1. The van der Waals surface area contributed by atoms with Crippen LogP contribution in [0.1, 0.15) is 12.6 Å². The summed E-state index contributed by atoms with van der Waals surface area (Å²) in [5.41, 5.74) is 0.706. The van der Waals surface area contributed by atoms with Gasteiger partial charge in [0.25, 0.3) is 0 Å². The van der Waals surface area contributed by atoms with Crippen LogP contribution in [0.2, 0.25) is 0 Å². The van der Waals surface area contributed by atoms with E-state index in [2.05, 4.69) is 4.98 Å². The van der Waals surface area contributed by atoms with E-state index in [1.807, 2.05) is 9.80 Å². The summed E-state index contributed by atoms with van der Waals surface area (Å²) in [6, 6.07) is 2.53. The maximum Gasteiger partial charge on any atom is 0.320 e. The molecule has 8 heteroatoms. The zero-order chi connectivity index (χ0) is 15.6. The smallest absolute Gasteiger partial charge is 0.320 e. The summed E-state index contributed by atoms with van der Waals surface area (Å²) >= 11 is 0. The Morgan fingerprint density at radius 3 is 2.52 bits per heavy atom. The van der Waals surface area contributed by atoms with Crippen LogP contribution in [0.3, 0.4) is 0 Å². The molecule has 1 atom stereocenters. The minimum Gasteiger partial charge on any atom is -0.480 e. The minimum atomic E-state index is -0.858. The van der Waals surface area contributed by atoms with Crippen molar-refractivity contribution in [2.45, 2.75) is 19.9 Å². The highest BCUT2D eigenvalue weighted by Crippen LogP contribution is 2.27. The molecule has 1 unspecified atom stereocenters. The van der Waals surface area contributed by atoms with Gasteiger partial charge in [-0.3, -0.25) is 19.8 Å². The highest BCUT2D eigenvalue weighted by atomic mass is 16.6. The maximum absolute atomic E-state index is 11.1. The molecule has 21 heavy (non-hydrogen) atoms. The van der Waals surface area contributed by atoms with Crippen LogP contribution < -0.4 is 4.90 Å². The predicted molar refractivity (Wildman–Crippen MR) is 76.5 cm³/mol. The Kier molecular flexibility index (Phi) is 4.37. The molecule has 1 saturated heterocycles. The third-order valence-electron chi connectivity index (χ3n) is 3.71. The zero-order valence-corrected chi connectivity index (χ0v) is 12.0. The molecule has 2 heterocycles. The molecule has 0 aliphatic carbocycles. The van der Waals surface area contributed by atoms with E-state index >= 15 is 0 Å². The first-order chi connectivity index (χ1) is 9.90. The second kappa shape index (κ2) is 6.04. The third kappa shape index (κ3) is 3.27. The molecule has 1 aliphatic heterocycles. The summed E-state index contributed by atoms with van der Waals surface area (Å²) in [4.78, 5) is 29.6. The summed E-state index contributed by atoms with van der Waals surface area (Å²) in [7, 11) is 0. The quantitative estimate of drug-likeness (QED) is 0.650. The van der Waals surface area contributed by atoms with E-state index < -0.39 is 16.9 Å². The summed E-state index contributed by atoms with van der Waals surface area (Å²) in [6.07, 6.45) is 0. The van der Waals surface area contributed by atoms with Gasteiger partial charge in [-0.05, 0) is 19.9 Å². The van der Waals surface area contributed by atoms with Gasteiger partial charge in [-0.1, -0.05) is 0 Å². The maximum atomic E-state index is 11.1. The number of carbonyl (C=O) groups is 1. The van der Waals surface area contributed by atoms with Crippen LogP contribution in [0.15, 0.2) is 12.1 Å². The Labute approximate surface area is 122 Å². The van der Waals surface area contributed by atoms with Crippen LogP contribution in [0.4, 0.5) is 11.5 Å². The molecule has 0 radical (unpaired) electrons. The van der Waals surface area contributed by atoms with E-state index in [0.29, 0.717) is 32.0 Å². The number of aliphatic carboxylic acids is 1. The van der Waals surface area contributed by atoms with E-state index in [1.54, 1.807) is 19.9 Å². The van der Waals surface area contributed by atoms with Crippen LogP contribution in [-0.2, 0) is 4.79 Å². The fourth-order valence-corrected chi connectivity index (χ4v) is 2.39. The van der Waals surface area contributed by atoms with Gasteiger partial charge in [-0.15, -0.1) is 0 Å². The van der Waals surface area contributed by atoms with Gasteiger partial charge in [-0.25, -0.2) is 4.98 Å². The van der Waals surface area contributed by atoms with E-state index in [9.17, 15) is 14.9 Å². The first-order valence-corrected chi connectivity index (χ1v) is 6.74. The van der Waals surface area contributed by atoms with Crippen molar-refractivity contribution in [1.82, 2.24) is 9.88 Å². The molecule has 8 nitrogen and oxygen atoms in total. The van der Waals surface area contributed by atoms with E-state index in [-0.39, 0.29) is 5.69 Å². The first kappa shape index (κ1) is 15.2. The number of piperazine rings is 1. The van der Waals surface area contributed by atoms with Crippen LogP contribution in [0, 0.1) is 17.0 Å². The average Bonchev–Trinajstić information content (AvgIpc) is 2.46. The van der Waals surface area contributed by atoms with Crippen molar-refractivity contribution in [1.29, 1.82) is 0 Å². The second-order valence-electron chi connectivity index (χ2n) is 5.09. The molecule has 0 saturated carbocycles. The van der Waals surface area contributed by atoms with Gasteiger partial charge in [0.05, 0.1) is 4.92 Å². The van der Waals surface area contributed by atoms with Crippen molar-refractivity contribution in [3.05, 3.63) is 27.9 Å². The largest absolute Gasteiger partial charge is 0.480 e. The van der Waals surface area contributed by atoms with E-state index in [0.717, 1.165) is 5.69 Å². The number of aryl methyl sites for hydroxylation is 1. The first-order valence-electron chi connectivity index (χ1n) is 6.74. The number of nitro groups is 1. The van der Waals surface area contributed by atoms with Gasteiger partial charge in [-0.2, -0.15) is 0 Å². The lowest BCUT2D eigenvalue weighted by molar-refractivity contribution is -0.384. The van der Waals surface area contributed by atoms with Gasteiger partial charge >= 0.3 is 11.7 Å². The van der Waals surface area contributed by atoms with Crippen LogP contribution in [0.5, 0.6) is 0 Å². The lowest BCUT2D eigenvalue weighted by atomic mass is 10.2. The third-order valence-corrected chi connectivity index (χ3v) is 3.71. The number of pyridine rings is 1. The molecule has 1 N–H and O–H groups in total. The number of aromatic nitrogens is 1. The van der Waals surface area contributed by atoms with Crippen LogP contribution in [-0.4, -0.2) is 58.1 Å². The molecular weight excluding hydrogens is 276 g/mol. The Balaban J connectivity index is 2.14. The fourth-order valence-electron chi connectivity index (χ4n) is 2.39. The Bertz CT molecular complexity index is 555. The zero-order valence-electron chi connectivity index (χ0n) is 12.0. The van der Waals surface area contributed by atoms with Crippen molar-refractivity contribution < 1.29 is 14.8 Å².